The predicted molar refractivity (Wildman–Crippen MR) is 161 cm³/mol. The molecule has 9 nitrogen and oxygen atoms in total. The van der Waals surface area contributed by atoms with Crippen molar-refractivity contribution < 1.29 is 33.6 Å². The molecule has 0 radical (unpaired) electrons. The SMILES string of the molecule is COCC1=C(C)CC(C[C@H]2CC[C@H]3[C@@H]4C[C@H]5O[C@]56[C@@H](O)C=C(c5cnc(OC(C)C)cn5)C(=O)[C@]6(C)[C@H]4CC[C@]23C)OC1=O. The quantitative estimate of drug-likeness (QED) is 0.343. The number of fused-ring (bicyclic) bond motifs is 4. The minimum absolute atomic E-state index is 0.00761. The lowest BCUT2D eigenvalue weighted by atomic mass is 9.44. The normalized spacial score (nSPS) is 42.6. The molecule has 1 N–H and O–H groups in total. The topological polar surface area (TPSA) is 120 Å². The highest BCUT2D eigenvalue weighted by Crippen LogP contribution is 2.73. The van der Waals surface area contributed by atoms with Crippen LogP contribution in [0, 0.1) is 34.5 Å². The fraction of sp³-hybridized carbons (Fsp3) is 0.714. The van der Waals surface area contributed by atoms with Crippen molar-refractivity contribution in [3.63, 3.8) is 0 Å². The van der Waals surface area contributed by atoms with Gasteiger partial charge in [-0.1, -0.05) is 12.5 Å². The smallest absolute Gasteiger partial charge is 0.336 e. The van der Waals surface area contributed by atoms with Gasteiger partial charge in [0.05, 0.1) is 47.9 Å². The van der Waals surface area contributed by atoms with E-state index in [-0.39, 0.29) is 41.4 Å². The first-order valence-electron chi connectivity index (χ1n) is 16.4. The van der Waals surface area contributed by atoms with Gasteiger partial charge in [0.2, 0.25) is 5.88 Å². The van der Waals surface area contributed by atoms with Gasteiger partial charge in [0.25, 0.3) is 0 Å². The van der Waals surface area contributed by atoms with E-state index in [1.54, 1.807) is 25.6 Å². The summed E-state index contributed by atoms with van der Waals surface area (Å²) in [5.74, 6) is 1.52. The Kier molecular flexibility index (Phi) is 7.14. The molecule has 6 aliphatic rings. The van der Waals surface area contributed by atoms with Gasteiger partial charge in [-0.05, 0) is 101 Å². The van der Waals surface area contributed by atoms with Gasteiger partial charge in [0.1, 0.15) is 17.8 Å². The summed E-state index contributed by atoms with van der Waals surface area (Å²) < 4.78 is 23.2. The Morgan fingerprint density at radius 1 is 1.11 bits per heavy atom. The average molecular weight is 607 g/mol. The van der Waals surface area contributed by atoms with Gasteiger partial charge in [0.15, 0.2) is 5.78 Å². The maximum atomic E-state index is 14.6. The van der Waals surface area contributed by atoms with Crippen LogP contribution in [0.5, 0.6) is 5.88 Å². The lowest BCUT2D eigenvalue weighted by molar-refractivity contribution is -0.151. The van der Waals surface area contributed by atoms with Gasteiger partial charge in [-0.3, -0.25) is 4.79 Å². The molecule has 3 heterocycles. The summed E-state index contributed by atoms with van der Waals surface area (Å²) in [6, 6.07) is 0. The number of aromatic nitrogens is 2. The van der Waals surface area contributed by atoms with E-state index in [4.69, 9.17) is 18.9 Å². The largest absolute Gasteiger partial charge is 0.474 e. The van der Waals surface area contributed by atoms with Gasteiger partial charge in [-0.2, -0.15) is 0 Å². The van der Waals surface area contributed by atoms with Gasteiger partial charge >= 0.3 is 5.97 Å². The Balaban J connectivity index is 1.13. The third kappa shape index (κ3) is 4.21. The standard InChI is InChI=1S/C35H46N2O7/c1-18(2)42-30-16-36-27(15-37-30)23-13-28(38)35-29(44-35)14-22-25-8-7-20(12-21-11-19(3)24(17-41-6)32(40)43-21)33(25,4)10-9-26(22)34(35,5)31(23)39/h13,15-16,18,20-22,25-26,28-29,38H,7-12,14,17H2,1-6H3/t20-,21?,22+,25+,26+,28+,29-,33-,34+,35-/m1/s1. The van der Waals surface area contributed by atoms with Crippen molar-refractivity contribution >= 4 is 17.3 Å². The molecule has 9 heteroatoms. The molecule has 10 atom stereocenters. The molecule has 2 aliphatic heterocycles. The lowest BCUT2D eigenvalue weighted by Gasteiger charge is -2.58. The van der Waals surface area contributed by atoms with Crippen molar-refractivity contribution in [3.05, 3.63) is 35.3 Å². The fourth-order valence-electron chi connectivity index (χ4n) is 10.4. The molecular formula is C35H46N2O7. The summed E-state index contributed by atoms with van der Waals surface area (Å²) in [5, 5.41) is 11.6. The van der Waals surface area contributed by atoms with Crippen molar-refractivity contribution in [2.75, 3.05) is 13.7 Å². The Morgan fingerprint density at radius 3 is 2.59 bits per heavy atom. The highest BCUT2D eigenvalue weighted by atomic mass is 16.6. The number of carbonyl (C=O) groups is 2. The molecule has 238 valence electrons. The number of Topliss-reactive ketones (excluding diaryl/α,β-unsaturated/α-hetero) is 1. The number of hydrogen-bond donors (Lipinski definition) is 1. The number of methoxy groups -OCH3 is 1. The monoisotopic (exact) mass is 606 g/mol. The van der Waals surface area contributed by atoms with E-state index in [9.17, 15) is 14.7 Å². The number of ketones is 1. The van der Waals surface area contributed by atoms with Crippen LogP contribution in [-0.4, -0.2) is 70.6 Å². The minimum Gasteiger partial charge on any atom is -0.474 e. The molecule has 1 unspecified atom stereocenters. The van der Waals surface area contributed by atoms with Crippen molar-refractivity contribution in [1.82, 2.24) is 9.97 Å². The van der Waals surface area contributed by atoms with E-state index in [2.05, 4.69) is 23.8 Å². The van der Waals surface area contributed by atoms with E-state index in [0.29, 0.717) is 47.1 Å². The lowest BCUT2D eigenvalue weighted by Crippen LogP contribution is -2.64. The van der Waals surface area contributed by atoms with Crippen molar-refractivity contribution in [2.24, 2.45) is 34.5 Å². The molecule has 1 aromatic heterocycles. The number of nitrogens with zero attached hydrogens (tertiary/aromatic N) is 2. The first-order valence-corrected chi connectivity index (χ1v) is 16.4. The Bertz CT molecular complexity index is 1420. The zero-order valence-corrected chi connectivity index (χ0v) is 26.8. The number of aliphatic hydroxyl groups is 1. The Hall–Kier alpha value is -2.62. The molecule has 1 saturated heterocycles. The van der Waals surface area contributed by atoms with Crippen LogP contribution in [0.15, 0.2) is 29.6 Å². The van der Waals surface area contributed by atoms with Crippen molar-refractivity contribution in [3.8, 4) is 5.88 Å². The van der Waals surface area contributed by atoms with Crippen LogP contribution in [0.1, 0.15) is 85.3 Å². The van der Waals surface area contributed by atoms with Crippen LogP contribution >= 0.6 is 0 Å². The van der Waals surface area contributed by atoms with Crippen LogP contribution < -0.4 is 4.74 Å². The Morgan fingerprint density at radius 2 is 1.91 bits per heavy atom. The van der Waals surface area contributed by atoms with E-state index >= 15 is 0 Å². The maximum absolute atomic E-state index is 14.6. The molecule has 3 saturated carbocycles. The van der Waals surface area contributed by atoms with Crippen LogP contribution in [0.4, 0.5) is 0 Å². The van der Waals surface area contributed by atoms with E-state index < -0.39 is 17.1 Å². The first-order chi connectivity index (χ1) is 20.9. The van der Waals surface area contributed by atoms with Crippen LogP contribution in [0.2, 0.25) is 0 Å². The minimum atomic E-state index is -0.885. The fourth-order valence-corrected chi connectivity index (χ4v) is 10.4. The van der Waals surface area contributed by atoms with Gasteiger partial charge in [-0.25, -0.2) is 14.8 Å². The summed E-state index contributed by atoms with van der Waals surface area (Å²) in [6.45, 7) is 10.7. The second-order valence-electron chi connectivity index (χ2n) is 15.0. The van der Waals surface area contributed by atoms with Crippen LogP contribution in [-0.2, 0) is 23.8 Å². The number of cyclic esters (lactones) is 1. The molecule has 0 bridgehead atoms. The molecular weight excluding hydrogens is 560 g/mol. The Labute approximate surface area is 259 Å². The molecule has 44 heavy (non-hydrogen) atoms. The molecule has 1 aromatic rings. The first kappa shape index (κ1) is 30.1. The van der Waals surface area contributed by atoms with Crippen LogP contribution in [0.25, 0.3) is 5.57 Å². The van der Waals surface area contributed by atoms with Crippen molar-refractivity contribution in [2.45, 2.75) is 110 Å². The van der Waals surface area contributed by atoms with Crippen molar-refractivity contribution in [1.29, 1.82) is 0 Å². The average Bonchev–Trinajstić information content (AvgIpc) is 3.63. The summed E-state index contributed by atoms with van der Waals surface area (Å²) in [6.07, 6.45) is 10.2. The van der Waals surface area contributed by atoms with E-state index in [1.165, 1.54) is 0 Å². The highest BCUT2D eigenvalue weighted by molar-refractivity contribution is 6.24. The summed E-state index contributed by atoms with van der Waals surface area (Å²) >= 11 is 0. The third-order valence-corrected chi connectivity index (χ3v) is 12.6. The maximum Gasteiger partial charge on any atom is 0.336 e. The second-order valence-corrected chi connectivity index (χ2v) is 15.0. The van der Waals surface area contributed by atoms with Gasteiger partial charge < -0.3 is 24.1 Å². The molecule has 7 rings (SSSR count). The number of hydrogen-bond acceptors (Lipinski definition) is 9. The summed E-state index contributed by atoms with van der Waals surface area (Å²) in [4.78, 5) is 36.2. The zero-order chi connectivity index (χ0) is 31.2. The predicted octanol–water partition coefficient (Wildman–Crippen LogP) is 4.87. The number of aliphatic hydroxyl groups excluding tert-OH is 1. The van der Waals surface area contributed by atoms with Gasteiger partial charge in [0, 0.05) is 19.1 Å². The van der Waals surface area contributed by atoms with Gasteiger partial charge in [-0.15, -0.1) is 0 Å². The molecule has 4 aliphatic carbocycles. The molecule has 0 amide bonds. The summed E-state index contributed by atoms with van der Waals surface area (Å²) in [5.41, 5.74) is 1.01. The zero-order valence-electron chi connectivity index (χ0n) is 26.8. The number of epoxide rings is 1. The second kappa shape index (κ2) is 10.5. The number of rotatable bonds is 7. The number of allylic oxidation sites excluding steroid dienone is 1. The third-order valence-electron chi connectivity index (χ3n) is 12.6. The van der Waals surface area contributed by atoms with E-state index in [1.807, 2.05) is 20.8 Å². The van der Waals surface area contributed by atoms with E-state index in [0.717, 1.165) is 50.5 Å². The number of esters is 1. The number of carbonyl (C=O) groups excluding carboxylic acids is 2. The summed E-state index contributed by atoms with van der Waals surface area (Å²) in [7, 11) is 1.60. The molecule has 1 spiro atoms. The number of ether oxygens (including phenoxy) is 4. The molecule has 4 fully saturated rings. The molecule has 0 aromatic carbocycles. The highest BCUT2D eigenvalue weighted by Gasteiger charge is 2.81. The van der Waals surface area contributed by atoms with Crippen LogP contribution in [0.3, 0.4) is 0 Å².